The van der Waals surface area contributed by atoms with E-state index in [0.29, 0.717) is 5.92 Å². The van der Waals surface area contributed by atoms with Gasteiger partial charge in [-0.05, 0) is 23.3 Å². The Bertz CT molecular complexity index is 220. The fourth-order valence-corrected chi connectivity index (χ4v) is 1.76. The van der Waals surface area contributed by atoms with E-state index in [4.69, 9.17) is 5.53 Å². The minimum atomic E-state index is -0.497. The molecule has 1 saturated carbocycles. The van der Waals surface area contributed by atoms with Crippen LogP contribution in [0.25, 0.3) is 10.4 Å². The molecular formula is C8H15N3O. The number of hydrogen-bond donors (Lipinski definition) is 1. The van der Waals surface area contributed by atoms with Gasteiger partial charge in [0.05, 0.1) is 12.1 Å². The summed E-state index contributed by atoms with van der Waals surface area (Å²) in [6, 6.07) is -0.236. The average molecular weight is 169 g/mol. The van der Waals surface area contributed by atoms with Crippen LogP contribution >= 0.6 is 0 Å². The van der Waals surface area contributed by atoms with Crippen molar-refractivity contribution < 1.29 is 5.11 Å². The molecule has 1 fully saturated rings. The minimum absolute atomic E-state index is 0.126. The van der Waals surface area contributed by atoms with Crippen molar-refractivity contribution in [1.29, 1.82) is 0 Å². The predicted molar refractivity (Wildman–Crippen MR) is 46.5 cm³/mol. The van der Waals surface area contributed by atoms with Crippen LogP contribution in [0.1, 0.15) is 27.2 Å². The maximum atomic E-state index is 9.75. The van der Waals surface area contributed by atoms with Gasteiger partial charge in [0.2, 0.25) is 0 Å². The molecule has 1 aliphatic rings. The van der Waals surface area contributed by atoms with E-state index in [-0.39, 0.29) is 11.5 Å². The largest absolute Gasteiger partial charge is 0.392 e. The zero-order chi connectivity index (χ0) is 9.35. The molecule has 0 amide bonds. The van der Waals surface area contributed by atoms with Crippen LogP contribution in [-0.4, -0.2) is 17.3 Å². The fraction of sp³-hybridized carbons (Fsp3) is 1.00. The third kappa shape index (κ3) is 1.28. The van der Waals surface area contributed by atoms with E-state index < -0.39 is 6.10 Å². The molecule has 1 unspecified atom stereocenters. The number of rotatable bonds is 1. The Balaban J connectivity index is 2.82. The van der Waals surface area contributed by atoms with Gasteiger partial charge < -0.3 is 5.11 Å². The summed E-state index contributed by atoms with van der Waals surface area (Å²) in [6.07, 6.45) is 0.293. The summed E-state index contributed by atoms with van der Waals surface area (Å²) in [5.74, 6) is 0.406. The molecule has 12 heavy (non-hydrogen) atoms. The highest BCUT2D eigenvalue weighted by molar-refractivity contribution is 4.99. The molecule has 3 atom stereocenters. The third-order valence-electron chi connectivity index (χ3n) is 3.19. The van der Waals surface area contributed by atoms with Crippen LogP contribution in [0.4, 0.5) is 0 Å². The zero-order valence-electron chi connectivity index (χ0n) is 7.73. The summed E-state index contributed by atoms with van der Waals surface area (Å²) in [7, 11) is 0. The van der Waals surface area contributed by atoms with Gasteiger partial charge in [-0.25, -0.2) is 0 Å². The van der Waals surface area contributed by atoms with E-state index in [1.54, 1.807) is 0 Å². The molecule has 0 heterocycles. The van der Waals surface area contributed by atoms with Gasteiger partial charge in [0, 0.05) is 4.91 Å². The molecule has 0 aromatic rings. The van der Waals surface area contributed by atoms with Crippen LogP contribution in [0.3, 0.4) is 0 Å². The molecule has 0 saturated heterocycles. The topological polar surface area (TPSA) is 69.0 Å². The van der Waals surface area contributed by atoms with E-state index in [1.807, 2.05) is 13.8 Å². The second-order valence-electron chi connectivity index (χ2n) is 4.18. The molecule has 4 heteroatoms. The summed E-state index contributed by atoms with van der Waals surface area (Å²) < 4.78 is 0. The lowest BCUT2D eigenvalue weighted by Crippen LogP contribution is -2.32. The predicted octanol–water partition coefficient (Wildman–Crippen LogP) is 2.09. The molecule has 68 valence electrons. The van der Waals surface area contributed by atoms with Gasteiger partial charge in [0.25, 0.3) is 0 Å². The normalized spacial score (nSPS) is 39.2. The number of aliphatic hydroxyl groups excluding tert-OH is 1. The van der Waals surface area contributed by atoms with Crippen molar-refractivity contribution in [3.63, 3.8) is 0 Å². The number of nitrogens with zero attached hydrogens (tertiary/aromatic N) is 3. The highest BCUT2D eigenvalue weighted by atomic mass is 16.3. The standard InChI is InChI=1S/C8H15N3O/c1-5-4-6(10-11-9)7(12)8(5,2)3/h5-7,12H,4H2,1-3H3/t5?,6-,7+/m1/s1. The summed E-state index contributed by atoms with van der Waals surface area (Å²) in [6.45, 7) is 6.10. The smallest absolute Gasteiger partial charge is 0.0678 e. The van der Waals surface area contributed by atoms with Crippen LogP contribution in [0.15, 0.2) is 5.11 Å². The monoisotopic (exact) mass is 169 g/mol. The van der Waals surface area contributed by atoms with Gasteiger partial charge in [-0.2, -0.15) is 0 Å². The van der Waals surface area contributed by atoms with Crippen LogP contribution < -0.4 is 0 Å². The Kier molecular flexibility index (Phi) is 2.31. The van der Waals surface area contributed by atoms with Gasteiger partial charge in [-0.15, -0.1) is 0 Å². The van der Waals surface area contributed by atoms with Crippen molar-refractivity contribution in [2.24, 2.45) is 16.4 Å². The lowest BCUT2D eigenvalue weighted by Gasteiger charge is -2.27. The number of azide groups is 1. The second-order valence-corrected chi connectivity index (χ2v) is 4.18. The SMILES string of the molecule is CC1C[C@@H](N=[N+]=[N-])[C@H](O)C1(C)C. The molecule has 0 bridgehead atoms. The highest BCUT2D eigenvalue weighted by Gasteiger charge is 2.45. The molecule has 4 nitrogen and oxygen atoms in total. The fourth-order valence-electron chi connectivity index (χ4n) is 1.76. The Morgan fingerprint density at radius 2 is 2.17 bits per heavy atom. The maximum absolute atomic E-state index is 9.75. The van der Waals surface area contributed by atoms with Crippen molar-refractivity contribution in [2.45, 2.75) is 39.3 Å². The van der Waals surface area contributed by atoms with E-state index in [0.717, 1.165) is 6.42 Å². The summed E-state index contributed by atoms with van der Waals surface area (Å²) in [5, 5.41) is 13.3. The Morgan fingerprint density at radius 1 is 1.58 bits per heavy atom. The van der Waals surface area contributed by atoms with Crippen molar-refractivity contribution >= 4 is 0 Å². The molecule has 0 radical (unpaired) electrons. The second kappa shape index (κ2) is 2.96. The molecular weight excluding hydrogens is 154 g/mol. The Labute approximate surface area is 72.2 Å². The zero-order valence-corrected chi connectivity index (χ0v) is 7.73. The summed E-state index contributed by atoms with van der Waals surface area (Å²) in [4.78, 5) is 2.73. The highest BCUT2D eigenvalue weighted by Crippen LogP contribution is 2.43. The van der Waals surface area contributed by atoms with Crippen molar-refractivity contribution in [1.82, 2.24) is 0 Å². The number of aliphatic hydroxyl groups is 1. The van der Waals surface area contributed by atoms with Crippen LogP contribution in [0.2, 0.25) is 0 Å². The summed E-state index contributed by atoms with van der Waals surface area (Å²) in [5.41, 5.74) is 8.12. The first-order chi connectivity index (χ1) is 5.50. The Hall–Kier alpha value is -0.730. The van der Waals surface area contributed by atoms with Crippen LogP contribution in [0, 0.1) is 11.3 Å². The lowest BCUT2D eigenvalue weighted by molar-refractivity contribution is 0.0504. The first-order valence-corrected chi connectivity index (χ1v) is 4.22. The van der Waals surface area contributed by atoms with Gasteiger partial charge in [0.1, 0.15) is 0 Å². The van der Waals surface area contributed by atoms with Gasteiger partial charge in [-0.1, -0.05) is 25.9 Å². The van der Waals surface area contributed by atoms with Crippen molar-refractivity contribution in [3.05, 3.63) is 10.4 Å². The van der Waals surface area contributed by atoms with Crippen molar-refractivity contribution in [2.75, 3.05) is 0 Å². The molecule has 1 N–H and O–H groups in total. The molecule has 0 spiro atoms. The van der Waals surface area contributed by atoms with E-state index in [9.17, 15) is 5.11 Å². The van der Waals surface area contributed by atoms with E-state index >= 15 is 0 Å². The first-order valence-electron chi connectivity index (χ1n) is 4.22. The molecule has 1 rings (SSSR count). The molecule has 0 aliphatic heterocycles. The Morgan fingerprint density at radius 3 is 2.50 bits per heavy atom. The van der Waals surface area contributed by atoms with Gasteiger partial charge in [0.15, 0.2) is 0 Å². The van der Waals surface area contributed by atoms with E-state index in [1.165, 1.54) is 0 Å². The quantitative estimate of drug-likeness (QED) is 0.364. The van der Waals surface area contributed by atoms with E-state index in [2.05, 4.69) is 16.9 Å². The molecule has 0 aromatic carbocycles. The molecule has 1 aliphatic carbocycles. The minimum Gasteiger partial charge on any atom is -0.392 e. The number of hydrogen-bond acceptors (Lipinski definition) is 2. The van der Waals surface area contributed by atoms with Gasteiger partial charge >= 0.3 is 0 Å². The molecule has 0 aromatic heterocycles. The maximum Gasteiger partial charge on any atom is 0.0678 e. The third-order valence-corrected chi connectivity index (χ3v) is 3.19. The first kappa shape index (κ1) is 9.36. The average Bonchev–Trinajstić information content (AvgIpc) is 2.17. The van der Waals surface area contributed by atoms with Crippen molar-refractivity contribution in [3.8, 4) is 0 Å². The van der Waals surface area contributed by atoms with Gasteiger partial charge in [-0.3, -0.25) is 0 Å². The lowest BCUT2D eigenvalue weighted by atomic mass is 9.81. The summed E-state index contributed by atoms with van der Waals surface area (Å²) >= 11 is 0. The van der Waals surface area contributed by atoms with Crippen LogP contribution in [0.5, 0.6) is 0 Å². The van der Waals surface area contributed by atoms with Crippen LogP contribution in [-0.2, 0) is 0 Å².